The molecule has 8 heteroatoms. The molecule has 2 atom stereocenters. The highest BCUT2D eigenvalue weighted by Gasteiger charge is 2.43. The minimum Gasteiger partial charge on any atom is -0.508 e. The number of rotatable bonds is 7. The van der Waals surface area contributed by atoms with E-state index in [4.69, 9.17) is 4.74 Å². The van der Waals surface area contributed by atoms with Gasteiger partial charge in [0.1, 0.15) is 23.4 Å². The van der Waals surface area contributed by atoms with Crippen molar-refractivity contribution in [3.63, 3.8) is 0 Å². The molecule has 2 aromatic carbocycles. The molecule has 2 aromatic rings. The summed E-state index contributed by atoms with van der Waals surface area (Å²) in [5.41, 5.74) is 1.43. The van der Waals surface area contributed by atoms with Gasteiger partial charge in [0, 0.05) is 11.2 Å². The van der Waals surface area contributed by atoms with Crippen molar-refractivity contribution in [1.29, 1.82) is 0 Å². The van der Waals surface area contributed by atoms with Gasteiger partial charge in [-0.05, 0) is 90.1 Å². The molecule has 0 saturated heterocycles. The van der Waals surface area contributed by atoms with Crippen molar-refractivity contribution in [3.05, 3.63) is 59.2 Å². The summed E-state index contributed by atoms with van der Waals surface area (Å²) in [6.45, 7) is 18.2. The zero-order chi connectivity index (χ0) is 29.0. The number of nitrogens with one attached hydrogen (secondary N) is 2. The number of hydrogen-bond acceptors (Lipinski definition) is 5. The van der Waals surface area contributed by atoms with Gasteiger partial charge in [0.15, 0.2) is 0 Å². The van der Waals surface area contributed by atoms with Crippen LogP contribution in [0.25, 0.3) is 0 Å². The molecule has 0 aliphatic rings. The lowest BCUT2D eigenvalue weighted by atomic mass is 9.93. The number of phenols is 1. The molecule has 0 saturated carbocycles. The Morgan fingerprint density at radius 1 is 0.895 bits per heavy atom. The maximum absolute atomic E-state index is 14.2. The predicted molar refractivity (Wildman–Crippen MR) is 150 cm³/mol. The first-order chi connectivity index (χ1) is 17.4. The molecule has 2 unspecified atom stereocenters. The molecule has 38 heavy (non-hydrogen) atoms. The Bertz CT molecular complexity index is 1120. The summed E-state index contributed by atoms with van der Waals surface area (Å²) in [7, 11) is 0. The Balaban J connectivity index is 2.61. The molecule has 2 rings (SSSR count). The molecule has 0 aromatic heterocycles. The van der Waals surface area contributed by atoms with Gasteiger partial charge in [-0.25, -0.2) is 4.79 Å². The van der Waals surface area contributed by atoms with Crippen LogP contribution in [0.2, 0.25) is 0 Å². The standard InChI is InChI=1S/C30H43N3O5/c1-18(2)23(32-28(37)38-30(8,9)10)27(36)33(29(5,6)7)25(21-14-16-22(34)17-15-21)26(35)31-24-19(3)12-11-13-20(24)4/h11-18,23,25,34H,1-10H3,(H,31,35)(H,32,37). The maximum Gasteiger partial charge on any atom is 0.408 e. The molecule has 0 radical (unpaired) electrons. The van der Waals surface area contributed by atoms with E-state index in [1.165, 1.54) is 17.0 Å². The van der Waals surface area contributed by atoms with Crippen LogP contribution in [0.3, 0.4) is 0 Å². The number of ether oxygens (including phenoxy) is 1. The van der Waals surface area contributed by atoms with Crippen molar-refractivity contribution in [2.75, 3.05) is 5.32 Å². The molecule has 0 fully saturated rings. The average molecular weight is 526 g/mol. The molecule has 0 spiro atoms. The fourth-order valence-electron chi connectivity index (χ4n) is 4.22. The van der Waals surface area contributed by atoms with Gasteiger partial charge in [-0.3, -0.25) is 9.59 Å². The molecule has 0 heterocycles. The lowest BCUT2D eigenvalue weighted by molar-refractivity contribution is -0.147. The van der Waals surface area contributed by atoms with E-state index in [-0.39, 0.29) is 11.7 Å². The topological polar surface area (TPSA) is 108 Å². The molecule has 3 amide bonds. The number of hydrogen-bond donors (Lipinski definition) is 3. The van der Waals surface area contributed by atoms with Crippen molar-refractivity contribution in [1.82, 2.24) is 10.2 Å². The second-order valence-electron chi connectivity index (χ2n) is 12.0. The highest BCUT2D eigenvalue weighted by atomic mass is 16.6. The summed E-state index contributed by atoms with van der Waals surface area (Å²) in [5, 5.41) is 15.7. The first-order valence-electron chi connectivity index (χ1n) is 12.9. The van der Waals surface area contributed by atoms with E-state index in [1.54, 1.807) is 32.9 Å². The van der Waals surface area contributed by atoms with Crippen LogP contribution in [0, 0.1) is 19.8 Å². The van der Waals surface area contributed by atoms with E-state index in [1.807, 2.05) is 66.7 Å². The number of anilines is 1. The third-order valence-electron chi connectivity index (χ3n) is 6.01. The van der Waals surface area contributed by atoms with E-state index in [2.05, 4.69) is 10.6 Å². The number of amides is 3. The molecule has 0 aliphatic carbocycles. The third kappa shape index (κ3) is 7.97. The molecule has 208 valence electrons. The van der Waals surface area contributed by atoms with Crippen LogP contribution in [0.1, 0.15) is 78.1 Å². The van der Waals surface area contributed by atoms with Crippen LogP contribution in [0.5, 0.6) is 5.75 Å². The summed E-state index contributed by atoms with van der Waals surface area (Å²) in [6, 6.07) is 9.95. The summed E-state index contributed by atoms with van der Waals surface area (Å²) >= 11 is 0. The van der Waals surface area contributed by atoms with E-state index in [0.29, 0.717) is 11.3 Å². The number of alkyl carbamates (subject to hydrolysis) is 1. The fraction of sp³-hybridized carbons (Fsp3) is 0.500. The summed E-state index contributed by atoms with van der Waals surface area (Å²) in [4.78, 5) is 42.4. The average Bonchev–Trinajstić information content (AvgIpc) is 2.76. The summed E-state index contributed by atoms with van der Waals surface area (Å²) < 4.78 is 5.42. The maximum atomic E-state index is 14.2. The Kier molecular flexibility index (Phi) is 9.59. The Morgan fingerprint density at radius 3 is 1.87 bits per heavy atom. The van der Waals surface area contributed by atoms with Gasteiger partial charge in [-0.2, -0.15) is 0 Å². The highest BCUT2D eigenvalue weighted by molar-refractivity contribution is 6.00. The van der Waals surface area contributed by atoms with Crippen molar-refractivity contribution in [2.45, 2.75) is 92.5 Å². The van der Waals surface area contributed by atoms with E-state index < -0.39 is 41.1 Å². The summed E-state index contributed by atoms with van der Waals surface area (Å²) in [6.07, 6.45) is -0.709. The smallest absolute Gasteiger partial charge is 0.408 e. The normalized spacial score (nSPS) is 13.4. The number of carbonyl (C=O) groups excluding carboxylic acids is 3. The number of aryl methyl sites for hydroxylation is 2. The fourth-order valence-corrected chi connectivity index (χ4v) is 4.22. The molecular weight excluding hydrogens is 482 g/mol. The molecule has 8 nitrogen and oxygen atoms in total. The van der Waals surface area contributed by atoms with Gasteiger partial charge in [-0.1, -0.05) is 44.2 Å². The van der Waals surface area contributed by atoms with Gasteiger partial charge in [0.05, 0.1) is 0 Å². The van der Waals surface area contributed by atoms with Gasteiger partial charge in [0.2, 0.25) is 5.91 Å². The van der Waals surface area contributed by atoms with E-state index in [9.17, 15) is 19.5 Å². The molecule has 3 N–H and O–H groups in total. The third-order valence-corrected chi connectivity index (χ3v) is 6.01. The first-order valence-corrected chi connectivity index (χ1v) is 12.9. The number of nitrogens with zero attached hydrogens (tertiary/aromatic N) is 1. The van der Waals surface area contributed by atoms with Crippen LogP contribution in [-0.4, -0.2) is 45.1 Å². The van der Waals surface area contributed by atoms with Crippen molar-refractivity contribution in [2.24, 2.45) is 5.92 Å². The highest BCUT2D eigenvalue weighted by Crippen LogP contribution is 2.33. The summed E-state index contributed by atoms with van der Waals surface area (Å²) in [5.74, 6) is -1.07. The van der Waals surface area contributed by atoms with Gasteiger partial charge in [-0.15, -0.1) is 0 Å². The van der Waals surface area contributed by atoms with E-state index in [0.717, 1.165) is 11.1 Å². The van der Waals surface area contributed by atoms with Crippen molar-refractivity contribution >= 4 is 23.6 Å². The van der Waals surface area contributed by atoms with Crippen LogP contribution in [0.4, 0.5) is 10.5 Å². The predicted octanol–water partition coefficient (Wildman–Crippen LogP) is 5.87. The largest absolute Gasteiger partial charge is 0.508 e. The quantitative estimate of drug-likeness (QED) is 0.419. The minimum absolute atomic E-state index is 0.0444. The number of phenolic OH excluding ortho intramolecular Hbond substituents is 1. The molecule has 0 aliphatic heterocycles. The lowest BCUT2D eigenvalue weighted by Gasteiger charge is -2.43. The van der Waals surface area contributed by atoms with Gasteiger partial charge in [0.25, 0.3) is 5.91 Å². The molecular formula is C30H43N3O5. The van der Waals surface area contributed by atoms with Crippen LogP contribution >= 0.6 is 0 Å². The Morgan fingerprint density at radius 2 is 1.42 bits per heavy atom. The molecule has 0 bridgehead atoms. The number of benzene rings is 2. The SMILES string of the molecule is Cc1cccc(C)c1NC(=O)C(c1ccc(O)cc1)N(C(=O)C(NC(=O)OC(C)(C)C)C(C)C)C(C)(C)C. The van der Waals surface area contributed by atoms with Gasteiger partial charge < -0.3 is 25.4 Å². The monoisotopic (exact) mass is 525 g/mol. The number of para-hydroxylation sites is 1. The lowest BCUT2D eigenvalue weighted by Crippen LogP contribution is -2.59. The van der Waals surface area contributed by atoms with Crippen molar-refractivity contribution < 1.29 is 24.2 Å². The minimum atomic E-state index is -1.05. The number of carbonyl (C=O) groups is 3. The van der Waals surface area contributed by atoms with Crippen LogP contribution in [0.15, 0.2) is 42.5 Å². The van der Waals surface area contributed by atoms with Crippen molar-refractivity contribution in [3.8, 4) is 5.75 Å². The first kappa shape index (κ1) is 30.7. The van der Waals surface area contributed by atoms with Crippen LogP contribution < -0.4 is 10.6 Å². The number of aromatic hydroxyl groups is 1. The Hall–Kier alpha value is -3.55. The van der Waals surface area contributed by atoms with Crippen LogP contribution in [-0.2, 0) is 14.3 Å². The van der Waals surface area contributed by atoms with Gasteiger partial charge >= 0.3 is 6.09 Å². The van der Waals surface area contributed by atoms with E-state index >= 15 is 0 Å². The second kappa shape index (κ2) is 11.9. The second-order valence-corrected chi connectivity index (χ2v) is 12.0. The Labute approximate surface area is 226 Å². The zero-order valence-electron chi connectivity index (χ0n) is 24.3. The zero-order valence-corrected chi connectivity index (χ0v) is 24.3.